The van der Waals surface area contributed by atoms with Crippen LogP contribution >= 0.6 is 11.8 Å². The molecule has 2 aliphatic carbocycles. The van der Waals surface area contributed by atoms with Gasteiger partial charge in [-0.2, -0.15) is 24.7 Å². The van der Waals surface area contributed by atoms with E-state index in [2.05, 4.69) is 10.6 Å². The summed E-state index contributed by atoms with van der Waals surface area (Å²) in [5, 5.41) is 13.0. The predicted octanol–water partition coefficient (Wildman–Crippen LogP) is 5.96. The fourth-order valence-electron chi connectivity index (χ4n) is 5.47. The highest BCUT2D eigenvalue weighted by Crippen LogP contribution is 2.41. The minimum atomic E-state index is 0.379. The van der Waals surface area contributed by atoms with Gasteiger partial charge in [0.2, 0.25) is 17.6 Å². The third kappa shape index (κ3) is 6.34. The number of aromatic nitrogens is 5. The summed E-state index contributed by atoms with van der Waals surface area (Å²) in [6, 6.07) is 6.58. The molecule has 0 saturated heterocycles. The highest BCUT2D eigenvalue weighted by molar-refractivity contribution is 7.98. The van der Waals surface area contributed by atoms with Crippen LogP contribution in [0.1, 0.15) is 64.2 Å². The van der Waals surface area contributed by atoms with Gasteiger partial charge in [-0.1, -0.05) is 38.5 Å². The Kier molecular flexibility index (Phi) is 8.95. The van der Waals surface area contributed by atoms with Crippen molar-refractivity contribution in [1.82, 2.24) is 24.7 Å². The molecule has 0 radical (unpaired) electrons. The van der Waals surface area contributed by atoms with Gasteiger partial charge in [-0.25, -0.2) is 0 Å². The van der Waals surface area contributed by atoms with Crippen molar-refractivity contribution in [2.24, 2.45) is 0 Å². The molecule has 1 aromatic carbocycles. The molecule has 0 atom stereocenters. The van der Waals surface area contributed by atoms with Gasteiger partial charge >= 0.3 is 0 Å². The first-order valence-electron chi connectivity index (χ1n) is 13.9. The summed E-state index contributed by atoms with van der Waals surface area (Å²) in [7, 11) is 4.82. The number of thioether (sulfide) groups is 1. The molecule has 2 saturated carbocycles. The number of benzene rings is 1. The molecule has 2 fully saturated rings. The quantitative estimate of drug-likeness (QED) is 0.292. The Labute approximate surface area is 234 Å². The number of anilines is 2. The fraction of sp³-hybridized carbons (Fsp3) is 0.571. The molecule has 0 spiro atoms. The van der Waals surface area contributed by atoms with E-state index in [1.165, 1.54) is 38.5 Å². The Balaban J connectivity index is 1.53. The maximum Gasteiger partial charge on any atom is 0.258 e. The summed E-state index contributed by atoms with van der Waals surface area (Å²) in [5.41, 5.74) is 1.59. The number of ether oxygens (including phenoxy) is 3. The van der Waals surface area contributed by atoms with E-state index in [0.29, 0.717) is 47.2 Å². The average molecular weight is 554 g/mol. The lowest BCUT2D eigenvalue weighted by molar-refractivity contribution is 0.324. The lowest BCUT2D eigenvalue weighted by atomic mass is 9.96. The van der Waals surface area contributed by atoms with E-state index in [4.69, 9.17) is 34.3 Å². The minimum Gasteiger partial charge on any atom is -0.493 e. The first-order chi connectivity index (χ1) is 19.1. The first-order valence-corrected chi connectivity index (χ1v) is 15.1. The van der Waals surface area contributed by atoms with E-state index in [0.717, 1.165) is 42.0 Å². The van der Waals surface area contributed by atoms with Crippen molar-refractivity contribution in [3.8, 4) is 34.5 Å². The summed E-state index contributed by atoms with van der Waals surface area (Å²) in [5.74, 6) is 3.38. The zero-order valence-electron chi connectivity index (χ0n) is 23.3. The minimum absolute atomic E-state index is 0.379. The van der Waals surface area contributed by atoms with E-state index in [1.54, 1.807) is 37.8 Å². The van der Waals surface area contributed by atoms with Gasteiger partial charge in [0, 0.05) is 17.6 Å². The molecule has 3 aromatic rings. The van der Waals surface area contributed by atoms with Crippen LogP contribution in [0.5, 0.6) is 17.2 Å². The van der Waals surface area contributed by atoms with E-state index >= 15 is 0 Å². The molecular weight excluding hydrogens is 514 g/mol. The summed E-state index contributed by atoms with van der Waals surface area (Å²) in [4.78, 5) is 14.5. The molecule has 0 amide bonds. The Bertz CT molecular complexity index is 1190. The Morgan fingerprint density at radius 3 is 1.74 bits per heavy atom. The van der Waals surface area contributed by atoms with E-state index in [1.807, 2.05) is 24.5 Å². The Morgan fingerprint density at radius 1 is 0.744 bits per heavy atom. The zero-order chi connectivity index (χ0) is 27.2. The van der Waals surface area contributed by atoms with Gasteiger partial charge in [0.15, 0.2) is 11.5 Å². The number of rotatable bonds is 10. The summed E-state index contributed by atoms with van der Waals surface area (Å²) in [6.45, 7) is 0. The molecule has 210 valence electrons. The second-order valence-corrected chi connectivity index (χ2v) is 11.0. The molecule has 10 nitrogen and oxygen atoms in total. The Hall–Kier alpha value is -3.21. The monoisotopic (exact) mass is 553 g/mol. The maximum absolute atomic E-state index is 5.57. The van der Waals surface area contributed by atoms with E-state index < -0.39 is 0 Å². The van der Waals surface area contributed by atoms with Crippen molar-refractivity contribution >= 4 is 23.7 Å². The van der Waals surface area contributed by atoms with E-state index in [9.17, 15) is 0 Å². The van der Waals surface area contributed by atoms with Crippen molar-refractivity contribution < 1.29 is 14.2 Å². The van der Waals surface area contributed by atoms with Gasteiger partial charge in [0.25, 0.3) is 5.95 Å². The molecule has 0 aliphatic heterocycles. The number of hydrogen-bond donors (Lipinski definition) is 2. The maximum atomic E-state index is 5.57. The van der Waals surface area contributed by atoms with Crippen LogP contribution in [0.4, 0.5) is 11.9 Å². The van der Waals surface area contributed by atoms with Crippen molar-refractivity contribution in [2.75, 3.05) is 38.2 Å². The third-order valence-corrected chi connectivity index (χ3v) is 8.25. The molecule has 2 aliphatic rings. The molecule has 0 bridgehead atoms. The standard InChI is InChI=1S/C28H39N7O3S/c1-36-22-15-18(16-23(37-2)25(22)38-3)21-17-24(39-4)35(34-21)28-32-26(29-19-11-7-5-8-12-19)31-27(33-28)30-20-13-9-6-10-14-20/h15-17,19-20H,5-14H2,1-4H3,(H2,29,30,31,32,33). The molecule has 2 N–H and O–H groups in total. The van der Waals surface area contributed by atoms with Crippen molar-refractivity contribution in [1.29, 1.82) is 0 Å². The topological polar surface area (TPSA) is 108 Å². The summed E-state index contributed by atoms with van der Waals surface area (Å²) >= 11 is 1.59. The van der Waals surface area contributed by atoms with Gasteiger partial charge in [-0.15, -0.1) is 11.8 Å². The predicted molar refractivity (Wildman–Crippen MR) is 155 cm³/mol. The van der Waals surface area contributed by atoms with Crippen LogP contribution in [-0.4, -0.2) is 64.4 Å². The summed E-state index contributed by atoms with van der Waals surface area (Å²) in [6.07, 6.45) is 14.1. The average Bonchev–Trinajstić information content (AvgIpc) is 3.42. The SMILES string of the molecule is COc1cc(-c2cc(SC)n(-c3nc(NC4CCCCC4)nc(NC4CCCCC4)n3)n2)cc(OC)c1OC. The molecule has 5 rings (SSSR count). The molecule has 2 heterocycles. The lowest BCUT2D eigenvalue weighted by Gasteiger charge is -2.25. The van der Waals surface area contributed by atoms with Gasteiger partial charge in [0.1, 0.15) is 5.03 Å². The number of hydrogen-bond acceptors (Lipinski definition) is 10. The lowest BCUT2D eigenvalue weighted by Crippen LogP contribution is -2.27. The molecular formula is C28H39N7O3S. The van der Waals surface area contributed by atoms with Crippen LogP contribution in [0.25, 0.3) is 17.2 Å². The highest BCUT2D eigenvalue weighted by Gasteiger charge is 2.22. The normalized spacial score (nSPS) is 16.6. The van der Waals surface area contributed by atoms with Crippen molar-refractivity contribution in [2.45, 2.75) is 81.3 Å². The van der Waals surface area contributed by atoms with Crippen LogP contribution in [0.3, 0.4) is 0 Å². The number of nitrogens with zero attached hydrogens (tertiary/aromatic N) is 5. The van der Waals surface area contributed by atoms with Gasteiger partial charge in [0.05, 0.1) is 27.0 Å². The second kappa shape index (κ2) is 12.8. The Morgan fingerprint density at radius 2 is 1.28 bits per heavy atom. The molecule has 39 heavy (non-hydrogen) atoms. The van der Waals surface area contributed by atoms with Gasteiger partial charge in [-0.3, -0.25) is 0 Å². The fourth-order valence-corrected chi connectivity index (χ4v) is 6.00. The molecule has 11 heteroatoms. The van der Waals surface area contributed by atoms with E-state index in [-0.39, 0.29) is 0 Å². The first kappa shape index (κ1) is 27.4. The molecule has 0 unspecified atom stereocenters. The summed E-state index contributed by atoms with van der Waals surface area (Å²) < 4.78 is 18.4. The number of methoxy groups -OCH3 is 3. The van der Waals surface area contributed by atoms with Gasteiger partial charge in [-0.05, 0) is 50.1 Å². The number of nitrogens with one attached hydrogen (secondary N) is 2. The van der Waals surface area contributed by atoms with Crippen LogP contribution in [0, 0.1) is 0 Å². The van der Waals surface area contributed by atoms with Crippen LogP contribution in [-0.2, 0) is 0 Å². The largest absolute Gasteiger partial charge is 0.493 e. The third-order valence-electron chi connectivity index (χ3n) is 7.54. The van der Waals surface area contributed by atoms with Crippen molar-refractivity contribution in [3.63, 3.8) is 0 Å². The highest BCUT2D eigenvalue weighted by atomic mass is 32.2. The smallest absolute Gasteiger partial charge is 0.258 e. The molecule has 2 aromatic heterocycles. The zero-order valence-corrected chi connectivity index (χ0v) is 24.1. The van der Waals surface area contributed by atoms with Crippen molar-refractivity contribution in [3.05, 3.63) is 18.2 Å². The van der Waals surface area contributed by atoms with Crippen LogP contribution in [0.2, 0.25) is 0 Å². The van der Waals surface area contributed by atoms with Crippen LogP contribution in [0.15, 0.2) is 23.2 Å². The van der Waals surface area contributed by atoms with Crippen LogP contribution < -0.4 is 24.8 Å². The van der Waals surface area contributed by atoms with Gasteiger partial charge < -0.3 is 24.8 Å². The second-order valence-electron chi connectivity index (χ2n) is 10.1.